The number of rotatable bonds is 6. The van der Waals surface area contributed by atoms with E-state index in [1.54, 1.807) is 6.20 Å². The summed E-state index contributed by atoms with van der Waals surface area (Å²) in [5, 5.41) is 5.33. The standard InChI is InChI=1S/C25H27N3O2S/c1-17(21-14-9-10-16-26-21)23(28-31(29)25(2,3)4)18-11-5-6-12-19(18)24-20-13-7-8-15-22(20)30-27-24/h5-17,23,28H,1-4H3/t17-,23+,31+/m1/s1. The van der Waals surface area contributed by atoms with Gasteiger partial charge < -0.3 is 9.08 Å². The maximum absolute atomic E-state index is 13.1. The second-order valence-corrected chi connectivity index (χ2v) is 10.6. The minimum absolute atomic E-state index is 0.0215. The molecule has 0 unspecified atom stereocenters. The van der Waals surface area contributed by atoms with E-state index in [0.29, 0.717) is 0 Å². The van der Waals surface area contributed by atoms with Crippen LogP contribution in [0.5, 0.6) is 0 Å². The molecule has 0 aliphatic carbocycles. The molecule has 0 fully saturated rings. The summed E-state index contributed by atoms with van der Waals surface area (Å²) in [6.45, 7) is 8.01. The van der Waals surface area contributed by atoms with Crippen LogP contribution in [-0.2, 0) is 11.4 Å². The summed E-state index contributed by atoms with van der Waals surface area (Å²) in [5.41, 5.74) is 4.43. The van der Waals surface area contributed by atoms with E-state index in [2.05, 4.69) is 27.9 Å². The zero-order valence-electron chi connectivity index (χ0n) is 18.2. The molecule has 0 aliphatic rings. The number of para-hydroxylation sites is 1. The van der Waals surface area contributed by atoms with Crippen LogP contribution in [0.3, 0.4) is 0 Å². The van der Waals surface area contributed by atoms with Gasteiger partial charge >= 0.3 is 0 Å². The van der Waals surface area contributed by atoms with Crippen molar-refractivity contribution in [1.29, 1.82) is 0 Å². The van der Waals surface area contributed by atoms with Crippen LogP contribution in [0.15, 0.2) is 77.4 Å². The van der Waals surface area contributed by atoms with Crippen LogP contribution in [0.2, 0.25) is 0 Å². The van der Waals surface area contributed by atoms with E-state index in [9.17, 15) is 4.55 Å². The Balaban J connectivity index is 1.84. The first-order valence-corrected chi connectivity index (χ1v) is 11.5. The minimum atomic E-state index is -1.27. The molecular formula is C25H27N3O2S. The van der Waals surface area contributed by atoms with Gasteiger partial charge in [0, 0.05) is 40.1 Å². The second kappa shape index (κ2) is 8.83. The van der Waals surface area contributed by atoms with Gasteiger partial charge in [0.2, 0.25) is 0 Å². The van der Waals surface area contributed by atoms with Crippen LogP contribution in [0.25, 0.3) is 22.2 Å². The van der Waals surface area contributed by atoms with Crippen molar-refractivity contribution >= 4 is 22.3 Å². The summed E-state index contributed by atoms with van der Waals surface area (Å²) < 4.78 is 21.7. The highest BCUT2D eigenvalue weighted by atomic mass is 32.2. The Bertz CT molecular complexity index is 1150. The van der Waals surface area contributed by atoms with Crippen LogP contribution in [0, 0.1) is 0 Å². The number of aromatic nitrogens is 2. The van der Waals surface area contributed by atoms with Crippen molar-refractivity contribution in [3.63, 3.8) is 0 Å². The third-order valence-electron chi connectivity index (χ3n) is 5.37. The molecule has 4 aromatic rings. The molecule has 4 rings (SSSR count). The number of nitrogens with one attached hydrogen (secondary N) is 1. The monoisotopic (exact) mass is 433 g/mol. The number of fused-ring (bicyclic) bond motifs is 1. The van der Waals surface area contributed by atoms with E-state index in [-0.39, 0.29) is 12.0 Å². The summed E-state index contributed by atoms with van der Waals surface area (Å²) in [5.74, 6) is -0.0215. The molecule has 3 atom stereocenters. The summed E-state index contributed by atoms with van der Waals surface area (Å²) in [4.78, 5) is 4.56. The van der Waals surface area contributed by atoms with Crippen molar-refractivity contribution in [2.24, 2.45) is 0 Å². The van der Waals surface area contributed by atoms with Gasteiger partial charge in [-0.3, -0.25) is 4.98 Å². The summed E-state index contributed by atoms with van der Waals surface area (Å²) in [6, 6.07) is 21.6. The maximum atomic E-state index is 13.1. The Hall–Kier alpha value is -2.67. The van der Waals surface area contributed by atoms with Crippen molar-refractivity contribution in [3.8, 4) is 11.3 Å². The Morgan fingerprint density at radius 3 is 2.42 bits per heavy atom. The largest absolute Gasteiger partial charge is 0.598 e. The molecule has 160 valence electrons. The Morgan fingerprint density at radius 1 is 0.968 bits per heavy atom. The third-order valence-corrected chi connectivity index (χ3v) is 6.95. The van der Waals surface area contributed by atoms with Crippen molar-refractivity contribution < 1.29 is 9.08 Å². The normalized spacial score (nSPS) is 15.0. The number of hydrogen-bond acceptors (Lipinski definition) is 5. The average molecular weight is 434 g/mol. The molecule has 2 aromatic heterocycles. The first-order valence-electron chi connectivity index (χ1n) is 10.4. The van der Waals surface area contributed by atoms with Gasteiger partial charge in [0.1, 0.15) is 10.4 Å². The lowest BCUT2D eigenvalue weighted by atomic mass is 9.88. The lowest BCUT2D eigenvalue weighted by Crippen LogP contribution is -2.42. The van der Waals surface area contributed by atoms with Gasteiger partial charge in [0.15, 0.2) is 5.58 Å². The molecular weight excluding hydrogens is 406 g/mol. The van der Waals surface area contributed by atoms with Gasteiger partial charge in [-0.15, -0.1) is 4.72 Å². The van der Waals surface area contributed by atoms with E-state index in [0.717, 1.165) is 33.5 Å². The zero-order valence-corrected chi connectivity index (χ0v) is 19.0. The molecule has 0 saturated heterocycles. The molecule has 0 saturated carbocycles. The molecule has 0 amide bonds. The molecule has 2 aromatic carbocycles. The first-order chi connectivity index (χ1) is 14.9. The number of nitrogens with zero attached hydrogens (tertiary/aromatic N) is 2. The lowest BCUT2D eigenvalue weighted by Gasteiger charge is -2.31. The van der Waals surface area contributed by atoms with Crippen LogP contribution >= 0.6 is 0 Å². The highest BCUT2D eigenvalue weighted by Crippen LogP contribution is 2.39. The zero-order chi connectivity index (χ0) is 22.0. The van der Waals surface area contributed by atoms with E-state index in [4.69, 9.17) is 4.52 Å². The van der Waals surface area contributed by atoms with Gasteiger partial charge in [-0.25, -0.2) is 0 Å². The smallest absolute Gasteiger partial charge is 0.167 e. The number of hydrogen-bond donors (Lipinski definition) is 1. The fraction of sp³-hybridized carbons (Fsp3) is 0.280. The highest BCUT2D eigenvalue weighted by Gasteiger charge is 2.34. The van der Waals surface area contributed by atoms with E-state index >= 15 is 0 Å². The van der Waals surface area contributed by atoms with Gasteiger partial charge in [0.25, 0.3) is 0 Å². The Morgan fingerprint density at radius 2 is 1.68 bits per heavy atom. The van der Waals surface area contributed by atoms with Gasteiger partial charge in [-0.05, 0) is 50.6 Å². The molecule has 6 heteroatoms. The van der Waals surface area contributed by atoms with Crippen LogP contribution < -0.4 is 4.72 Å². The predicted molar refractivity (Wildman–Crippen MR) is 126 cm³/mol. The Kier molecular flexibility index (Phi) is 6.14. The van der Waals surface area contributed by atoms with Gasteiger partial charge in [0.05, 0.1) is 6.04 Å². The highest BCUT2D eigenvalue weighted by molar-refractivity contribution is 7.90. The SMILES string of the molecule is C[C@H](c1ccccn1)[C@H](N[S@@+]([O-])C(C)(C)C)c1ccccc1-c1noc2ccccc12. The molecule has 2 heterocycles. The summed E-state index contributed by atoms with van der Waals surface area (Å²) in [7, 11) is 0. The summed E-state index contributed by atoms with van der Waals surface area (Å²) in [6.07, 6.45) is 1.79. The second-order valence-electron chi connectivity index (χ2n) is 8.63. The number of pyridine rings is 1. The van der Waals surface area contributed by atoms with Crippen LogP contribution in [0.1, 0.15) is 50.9 Å². The average Bonchev–Trinajstić information content (AvgIpc) is 3.21. The van der Waals surface area contributed by atoms with E-state index < -0.39 is 16.1 Å². The third kappa shape index (κ3) is 4.51. The molecule has 0 radical (unpaired) electrons. The van der Waals surface area contributed by atoms with Gasteiger partial charge in [-0.2, -0.15) is 0 Å². The quantitative estimate of drug-likeness (QED) is 0.390. The van der Waals surface area contributed by atoms with E-state index in [1.165, 1.54) is 0 Å². The molecule has 1 N–H and O–H groups in total. The molecule has 0 spiro atoms. The molecule has 5 nitrogen and oxygen atoms in total. The Labute approximate surface area is 186 Å². The van der Waals surface area contributed by atoms with Crippen LogP contribution in [-0.4, -0.2) is 19.4 Å². The maximum Gasteiger partial charge on any atom is 0.167 e. The molecule has 0 aliphatic heterocycles. The lowest BCUT2D eigenvalue weighted by molar-refractivity contribution is 0.458. The fourth-order valence-electron chi connectivity index (χ4n) is 3.61. The number of benzene rings is 2. The van der Waals surface area contributed by atoms with Crippen molar-refractivity contribution in [1.82, 2.24) is 14.9 Å². The van der Waals surface area contributed by atoms with Crippen LogP contribution in [0.4, 0.5) is 0 Å². The summed E-state index contributed by atoms with van der Waals surface area (Å²) >= 11 is -1.27. The molecule has 31 heavy (non-hydrogen) atoms. The molecule has 0 bridgehead atoms. The van der Waals surface area contributed by atoms with Crippen molar-refractivity contribution in [3.05, 3.63) is 84.2 Å². The van der Waals surface area contributed by atoms with Gasteiger partial charge in [-0.1, -0.05) is 54.5 Å². The fourth-order valence-corrected chi connectivity index (χ4v) is 4.52. The van der Waals surface area contributed by atoms with E-state index in [1.807, 2.05) is 81.4 Å². The minimum Gasteiger partial charge on any atom is -0.598 e. The predicted octanol–water partition coefficient (Wildman–Crippen LogP) is 5.79. The van der Waals surface area contributed by atoms with Crippen molar-refractivity contribution in [2.75, 3.05) is 0 Å². The van der Waals surface area contributed by atoms with Crippen molar-refractivity contribution in [2.45, 2.75) is 44.4 Å². The first kappa shape index (κ1) is 21.6. The topological polar surface area (TPSA) is 74.0 Å².